The van der Waals surface area contributed by atoms with Crippen molar-refractivity contribution in [2.45, 2.75) is 18.9 Å². The summed E-state index contributed by atoms with van der Waals surface area (Å²) < 4.78 is 60.6. The van der Waals surface area contributed by atoms with Crippen LogP contribution in [0.15, 0.2) is 48.5 Å². The molecule has 0 aliphatic carbocycles. The van der Waals surface area contributed by atoms with Crippen LogP contribution in [0, 0.1) is 40.1 Å². The minimum absolute atomic E-state index is 0.0271. The molecule has 176 valence electrons. The van der Waals surface area contributed by atoms with Gasteiger partial charge in [0.05, 0.1) is 6.10 Å². The van der Waals surface area contributed by atoms with Gasteiger partial charge in [0.1, 0.15) is 41.2 Å². The van der Waals surface area contributed by atoms with E-state index < -0.39 is 40.3 Å². The summed E-state index contributed by atoms with van der Waals surface area (Å²) in [5.41, 5.74) is -1.47. The van der Waals surface area contributed by atoms with Gasteiger partial charge >= 0.3 is 5.97 Å². The van der Waals surface area contributed by atoms with Crippen LogP contribution in [0.5, 0.6) is 11.5 Å². The molecule has 1 unspecified atom stereocenters. The van der Waals surface area contributed by atoms with E-state index in [1.165, 1.54) is 24.3 Å². The van der Waals surface area contributed by atoms with E-state index in [1.807, 2.05) is 0 Å². The quantitative estimate of drug-likeness (QED) is 0.336. The van der Waals surface area contributed by atoms with Crippen molar-refractivity contribution in [1.29, 1.82) is 10.5 Å². The number of carbonyl (C=O) groups excluding carboxylic acids is 1. The number of benzene rings is 3. The normalized spacial score (nSPS) is 14.7. The van der Waals surface area contributed by atoms with Crippen molar-refractivity contribution in [3.63, 3.8) is 0 Å². The van der Waals surface area contributed by atoms with Crippen molar-refractivity contribution in [2.75, 3.05) is 13.2 Å². The van der Waals surface area contributed by atoms with E-state index in [1.54, 1.807) is 36.4 Å². The Kier molecular flexibility index (Phi) is 7.00. The van der Waals surface area contributed by atoms with Crippen molar-refractivity contribution < 1.29 is 32.2 Å². The molecule has 0 bridgehead atoms. The molecule has 1 saturated heterocycles. The Morgan fingerprint density at radius 2 is 1.66 bits per heavy atom. The number of nitriles is 2. The van der Waals surface area contributed by atoms with Gasteiger partial charge in [-0.3, -0.25) is 0 Å². The fraction of sp³-hybridized carbons (Fsp3) is 0.192. The summed E-state index contributed by atoms with van der Waals surface area (Å²) in [6.07, 6.45) is 1.30. The van der Waals surface area contributed by atoms with Crippen LogP contribution >= 0.6 is 0 Å². The number of rotatable bonds is 6. The maximum absolute atomic E-state index is 15.0. The van der Waals surface area contributed by atoms with Gasteiger partial charge in [-0.05, 0) is 24.5 Å². The molecule has 0 saturated carbocycles. The molecule has 0 radical (unpaired) electrons. The highest BCUT2D eigenvalue weighted by atomic mass is 19.2. The third-order valence-corrected chi connectivity index (χ3v) is 5.45. The fourth-order valence-electron chi connectivity index (χ4n) is 3.72. The van der Waals surface area contributed by atoms with Gasteiger partial charge in [0.2, 0.25) is 11.6 Å². The summed E-state index contributed by atoms with van der Waals surface area (Å²) in [6.45, 7) is 0.532. The molecular weight excluding hydrogens is 461 g/mol. The standard InChI is InChI=1S/C26H17F3N2O4/c27-21-19(12-30)20(13-31)22(28)25(23(21)29)35-24-17(15-6-2-1-3-7-15)9-4-10-18(24)26(32)34-14-16-8-5-11-33-16/h1-4,6-7,9-10,16H,5,8,11,14H2. The van der Waals surface area contributed by atoms with Gasteiger partial charge in [0, 0.05) is 12.2 Å². The van der Waals surface area contributed by atoms with Crippen LogP contribution < -0.4 is 4.74 Å². The summed E-state index contributed by atoms with van der Waals surface area (Å²) in [5, 5.41) is 18.2. The van der Waals surface area contributed by atoms with Crippen LogP contribution in [-0.4, -0.2) is 25.3 Å². The van der Waals surface area contributed by atoms with E-state index >= 15 is 4.39 Å². The molecule has 0 N–H and O–H groups in total. The van der Waals surface area contributed by atoms with Gasteiger partial charge in [-0.25, -0.2) is 13.6 Å². The zero-order valence-corrected chi connectivity index (χ0v) is 18.2. The van der Waals surface area contributed by atoms with Gasteiger partial charge in [0.15, 0.2) is 11.6 Å². The van der Waals surface area contributed by atoms with Crippen molar-refractivity contribution >= 4 is 5.97 Å². The molecule has 3 aromatic rings. The molecule has 1 fully saturated rings. The molecule has 1 atom stereocenters. The lowest BCUT2D eigenvalue weighted by Crippen LogP contribution is -2.18. The number of hydrogen-bond acceptors (Lipinski definition) is 6. The fourth-order valence-corrected chi connectivity index (χ4v) is 3.72. The van der Waals surface area contributed by atoms with E-state index in [0.717, 1.165) is 12.8 Å². The molecule has 35 heavy (non-hydrogen) atoms. The number of halogens is 3. The number of para-hydroxylation sites is 1. The average Bonchev–Trinajstić information content (AvgIpc) is 3.41. The zero-order chi connectivity index (χ0) is 24.9. The van der Waals surface area contributed by atoms with Gasteiger partial charge in [0.25, 0.3) is 0 Å². The summed E-state index contributed by atoms with van der Waals surface area (Å²) >= 11 is 0. The smallest absolute Gasteiger partial charge is 0.342 e. The van der Waals surface area contributed by atoms with Crippen molar-refractivity contribution in [1.82, 2.24) is 0 Å². The topological polar surface area (TPSA) is 92.3 Å². The molecular formula is C26H17F3N2O4. The van der Waals surface area contributed by atoms with E-state index in [2.05, 4.69) is 0 Å². The predicted molar refractivity (Wildman–Crippen MR) is 117 cm³/mol. The Morgan fingerprint density at radius 3 is 2.31 bits per heavy atom. The van der Waals surface area contributed by atoms with Crippen molar-refractivity contribution in [3.8, 4) is 34.8 Å². The molecule has 1 aliphatic rings. The third kappa shape index (κ3) is 4.68. The number of carbonyl (C=O) groups is 1. The maximum atomic E-state index is 15.0. The van der Waals surface area contributed by atoms with E-state index in [-0.39, 0.29) is 29.6 Å². The molecule has 3 aromatic carbocycles. The monoisotopic (exact) mass is 478 g/mol. The second-order valence-corrected chi connectivity index (χ2v) is 7.63. The van der Waals surface area contributed by atoms with Crippen LogP contribution in [-0.2, 0) is 9.47 Å². The molecule has 0 spiro atoms. The third-order valence-electron chi connectivity index (χ3n) is 5.45. The minimum Gasteiger partial charge on any atom is -0.459 e. The Hall–Kier alpha value is -4.34. The number of hydrogen-bond donors (Lipinski definition) is 0. The Morgan fingerprint density at radius 1 is 0.943 bits per heavy atom. The van der Waals surface area contributed by atoms with Gasteiger partial charge in [-0.1, -0.05) is 42.5 Å². The molecule has 1 heterocycles. The highest BCUT2D eigenvalue weighted by molar-refractivity contribution is 5.96. The molecule has 4 rings (SSSR count). The van der Waals surface area contributed by atoms with Crippen molar-refractivity contribution in [3.05, 3.63) is 82.7 Å². The summed E-state index contributed by atoms with van der Waals surface area (Å²) in [5.74, 6) is -7.51. The van der Waals surface area contributed by atoms with Crippen LogP contribution in [0.2, 0.25) is 0 Å². The van der Waals surface area contributed by atoms with E-state index in [0.29, 0.717) is 12.2 Å². The Bertz CT molecular complexity index is 1360. The Labute approximate surface area is 198 Å². The second kappa shape index (κ2) is 10.3. The molecule has 0 amide bonds. The number of nitrogens with zero attached hydrogens (tertiary/aromatic N) is 2. The molecule has 6 nitrogen and oxygen atoms in total. The highest BCUT2D eigenvalue weighted by Crippen LogP contribution is 2.40. The first-order valence-electron chi connectivity index (χ1n) is 10.6. The zero-order valence-electron chi connectivity index (χ0n) is 18.2. The first-order chi connectivity index (χ1) is 17.0. The SMILES string of the molecule is N#Cc1c(F)c(F)c(Oc2c(C(=O)OCC3CCCO3)cccc2-c2ccccc2)c(F)c1C#N. The van der Waals surface area contributed by atoms with E-state index in [9.17, 15) is 18.8 Å². The van der Waals surface area contributed by atoms with Crippen LogP contribution in [0.1, 0.15) is 34.3 Å². The first-order valence-corrected chi connectivity index (χ1v) is 10.6. The molecule has 1 aliphatic heterocycles. The Balaban J connectivity index is 1.83. The van der Waals surface area contributed by atoms with Crippen LogP contribution in [0.3, 0.4) is 0 Å². The summed E-state index contributed by atoms with van der Waals surface area (Å²) in [7, 11) is 0. The van der Waals surface area contributed by atoms with Crippen LogP contribution in [0.4, 0.5) is 13.2 Å². The maximum Gasteiger partial charge on any atom is 0.342 e. The van der Waals surface area contributed by atoms with Gasteiger partial charge < -0.3 is 14.2 Å². The molecule has 9 heteroatoms. The summed E-state index contributed by atoms with van der Waals surface area (Å²) in [6, 6.07) is 15.6. The lowest BCUT2D eigenvalue weighted by atomic mass is 10.0. The largest absolute Gasteiger partial charge is 0.459 e. The van der Waals surface area contributed by atoms with Gasteiger partial charge in [-0.15, -0.1) is 0 Å². The second-order valence-electron chi connectivity index (χ2n) is 7.63. The first kappa shape index (κ1) is 23.8. The van der Waals surface area contributed by atoms with Gasteiger partial charge in [-0.2, -0.15) is 14.9 Å². The lowest BCUT2D eigenvalue weighted by molar-refractivity contribution is 0.0159. The lowest BCUT2D eigenvalue weighted by Gasteiger charge is -2.18. The average molecular weight is 478 g/mol. The number of ether oxygens (including phenoxy) is 3. The van der Waals surface area contributed by atoms with Crippen molar-refractivity contribution in [2.24, 2.45) is 0 Å². The summed E-state index contributed by atoms with van der Waals surface area (Å²) in [4.78, 5) is 12.9. The molecule has 0 aromatic heterocycles. The van der Waals surface area contributed by atoms with E-state index in [4.69, 9.17) is 19.5 Å². The number of esters is 1. The highest BCUT2D eigenvalue weighted by Gasteiger charge is 2.29. The predicted octanol–water partition coefficient (Wildman–Crippen LogP) is 5.64. The minimum atomic E-state index is -1.81. The van der Waals surface area contributed by atoms with Crippen LogP contribution in [0.25, 0.3) is 11.1 Å².